The maximum absolute atomic E-state index is 10.6. The molecule has 1 rings (SSSR count). The third-order valence-corrected chi connectivity index (χ3v) is 2.65. The molecule has 0 aromatic carbocycles. The molecule has 12 heavy (non-hydrogen) atoms. The van der Waals surface area contributed by atoms with E-state index in [9.17, 15) is 4.79 Å². The fourth-order valence-electron chi connectivity index (χ4n) is 1.91. The van der Waals surface area contributed by atoms with E-state index in [0.29, 0.717) is 5.57 Å². The van der Waals surface area contributed by atoms with Gasteiger partial charge in [0.15, 0.2) is 0 Å². The first-order valence-electron chi connectivity index (χ1n) is 4.46. The van der Waals surface area contributed by atoms with Gasteiger partial charge in [-0.3, -0.25) is 0 Å². The zero-order valence-electron chi connectivity index (χ0n) is 7.76. The van der Waals surface area contributed by atoms with Crippen LogP contribution in [0.3, 0.4) is 0 Å². The van der Waals surface area contributed by atoms with Crippen molar-refractivity contribution in [1.29, 1.82) is 0 Å². The van der Waals surface area contributed by atoms with Crippen molar-refractivity contribution in [3.8, 4) is 0 Å². The lowest BCUT2D eigenvalue weighted by Crippen LogP contribution is -2.09. The van der Waals surface area contributed by atoms with Crippen LogP contribution in [0.1, 0.15) is 39.5 Å². The van der Waals surface area contributed by atoms with E-state index < -0.39 is 5.97 Å². The van der Waals surface area contributed by atoms with Crippen molar-refractivity contribution < 1.29 is 9.90 Å². The SMILES string of the molecule is C/C(=C\C1(C)CCCC1)C(=O)O. The second-order valence-corrected chi connectivity index (χ2v) is 3.99. The molecule has 1 aliphatic carbocycles. The van der Waals surface area contributed by atoms with Crippen LogP contribution in [0.5, 0.6) is 0 Å². The van der Waals surface area contributed by atoms with Crippen LogP contribution in [-0.2, 0) is 4.79 Å². The van der Waals surface area contributed by atoms with Crippen molar-refractivity contribution in [3.63, 3.8) is 0 Å². The van der Waals surface area contributed by atoms with Gasteiger partial charge < -0.3 is 5.11 Å². The lowest BCUT2D eigenvalue weighted by atomic mass is 9.87. The standard InChI is InChI=1S/C10H16O2/c1-8(9(11)12)7-10(2)5-3-4-6-10/h7H,3-6H2,1-2H3,(H,11,12)/b8-7+. The van der Waals surface area contributed by atoms with Gasteiger partial charge in [-0.05, 0) is 25.2 Å². The highest BCUT2D eigenvalue weighted by Crippen LogP contribution is 2.39. The van der Waals surface area contributed by atoms with Crippen molar-refractivity contribution in [1.82, 2.24) is 0 Å². The quantitative estimate of drug-likeness (QED) is 0.643. The number of rotatable bonds is 2. The molecule has 2 heteroatoms. The molecule has 0 heterocycles. The number of carbonyl (C=O) groups is 1. The van der Waals surface area contributed by atoms with Gasteiger partial charge in [-0.25, -0.2) is 4.79 Å². The summed E-state index contributed by atoms with van der Waals surface area (Å²) in [5, 5.41) is 8.69. The maximum atomic E-state index is 10.6. The Kier molecular flexibility index (Phi) is 2.55. The molecule has 0 saturated heterocycles. The zero-order chi connectivity index (χ0) is 9.19. The molecule has 1 saturated carbocycles. The Morgan fingerprint density at radius 1 is 1.42 bits per heavy atom. The van der Waals surface area contributed by atoms with Crippen molar-refractivity contribution in [2.75, 3.05) is 0 Å². The van der Waals surface area contributed by atoms with Crippen LogP contribution in [-0.4, -0.2) is 11.1 Å². The summed E-state index contributed by atoms with van der Waals surface area (Å²) in [6.07, 6.45) is 6.66. The van der Waals surface area contributed by atoms with Crippen LogP contribution in [0.4, 0.5) is 0 Å². The highest BCUT2D eigenvalue weighted by atomic mass is 16.4. The lowest BCUT2D eigenvalue weighted by molar-refractivity contribution is -0.132. The monoisotopic (exact) mass is 168 g/mol. The normalized spacial score (nSPS) is 22.7. The summed E-state index contributed by atoms with van der Waals surface area (Å²) in [6.45, 7) is 3.82. The largest absolute Gasteiger partial charge is 0.478 e. The summed E-state index contributed by atoms with van der Waals surface area (Å²) in [5.74, 6) is -0.789. The minimum atomic E-state index is -0.789. The van der Waals surface area contributed by atoms with Crippen LogP contribution in [0.15, 0.2) is 11.6 Å². The summed E-state index contributed by atoms with van der Waals surface area (Å²) < 4.78 is 0. The second-order valence-electron chi connectivity index (χ2n) is 3.99. The fraction of sp³-hybridized carbons (Fsp3) is 0.700. The maximum Gasteiger partial charge on any atom is 0.330 e. The average molecular weight is 168 g/mol. The van der Waals surface area contributed by atoms with Gasteiger partial charge in [-0.2, -0.15) is 0 Å². The molecule has 1 aliphatic rings. The predicted octanol–water partition coefficient (Wildman–Crippen LogP) is 2.60. The lowest BCUT2D eigenvalue weighted by Gasteiger charge is -2.18. The smallest absolute Gasteiger partial charge is 0.330 e. The Morgan fingerprint density at radius 3 is 2.33 bits per heavy atom. The van der Waals surface area contributed by atoms with E-state index in [1.54, 1.807) is 6.92 Å². The molecule has 1 N–H and O–H groups in total. The first kappa shape index (κ1) is 9.30. The minimum Gasteiger partial charge on any atom is -0.478 e. The van der Waals surface area contributed by atoms with Crippen LogP contribution >= 0.6 is 0 Å². The Morgan fingerprint density at radius 2 is 1.92 bits per heavy atom. The van der Waals surface area contributed by atoms with Gasteiger partial charge in [0.2, 0.25) is 0 Å². The first-order chi connectivity index (χ1) is 5.53. The molecule has 0 unspecified atom stereocenters. The van der Waals surface area contributed by atoms with E-state index in [2.05, 4.69) is 6.92 Å². The van der Waals surface area contributed by atoms with E-state index in [1.807, 2.05) is 6.08 Å². The van der Waals surface area contributed by atoms with Crippen molar-refractivity contribution in [3.05, 3.63) is 11.6 Å². The van der Waals surface area contributed by atoms with Gasteiger partial charge in [0.1, 0.15) is 0 Å². The number of hydrogen-bond acceptors (Lipinski definition) is 1. The fourth-order valence-corrected chi connectivity index (χ4v) is 1.91. The number of carboxylic acids is 1. The van der Waals surface area contributed by atoms with Crippen molar-refractivity contribution in [2.24, 2.45) is 5.41 Å². The summed E-state index contributed by atoms with van der Waals surface area (Å²) in [4.78, 5) is 10.6. The van der Waals surface area contributed by atoms with E-state index >= 15 is 0 Å². The van der Waals surface area contributed by atoms with Gasteiger partial charge in [0.25, 0.3) is 0 Å². The topological polar surface area (TPSA) is 37.3 Å². The Hall–Kier alpha value is -0.790. The molecule has 0 aliphatic heterocycles. The molecule has 2 nitrogen and oxygen atoms in total. The minimum absolute atomic E-state index is 0.155. The van der Waals surface area contributed by atoms with Crippen LogP contribution in [0.2, 0.25) is 0 Å². The number of aliphatic carboxylic acids is 1. The molecule has 0 amide bonds. The number of carboxylic acid groups (broad SMARTS) is 1. The molecule has 0 atom stereocenters. The summed E-state index contributed by atoms with van der Waals surface area (Å²) >= 11 is 0. The Bertz CT molecular complexity index is 210. The highest BCUT2D eigenvalue weighted by molar-refractivity contribution is 5.85. The van der Waals surface area contributed by atoms with Crippen molar-refractivity contribution >= 4 is 5.97 Å². The average Bonchev–Trinajstić information content (AvgIpc) is 2.35. The third kappa shape index (κ3) is 2.10. The third-order valence-electron chi connectivity index (χ3n) is 2.65. The first-order valence-corrected chi connectivity index (χ1v) is 4.46. The highest BCUT2D eigenvalue weighted by Gasteiger charge is 2.26. The molecular formula is C10H16O2. The van der Waals surface area contributed by atoms with E-state index in [4.69, 9.17) is 5.11 Å². The molecule has 0 spiro atoms. The summed E-state index contributed by atoms with van der Waals surface area (Å²) in [5.41, 5.74) is 0.641. The number of allylic oxidation sites excluding steroid dienone is 1. The predicted molar refractivity (Wildman–Crippen MR) is 48.0 cm³/mol. The van der Waals surface area contributed by atoms with E-state index in [-0.39, 0.29) is 5.41 Å². The van der Waals surface area contributed by atoms with E-state index in [0.717, 1.165) is 12.8 Å². The van der Waals surface area contributed by atoms with Crippen LogP contribution < -0.4 is 0 Å². The molecule has 68 valence electrons. The Balaban J connectivity index is 2.70. The van der Waals surface area contributed by atoms with Gasteiger partial charge in [-0.1, -0.05) is 25.8 Å². The van der Waals surface area contributed by atoms with Crippen LogP contribution in [0, 0.1) is 5.41 Å². The Labute approximate surface area is 73.3 Å². The van der Waals surface area contributed by atoms with Crippen LogP contribution in [0.25, 0.3) is 0 Å². The van der Waals surface area contributed by atoms with Gasteiger partial charge in [0, 0.05) is 5.57 Å². The second kappa shape index (κ2) is 3.30. The van der Waals surface area contributed by atoms with Gasteiger partial charge >= 0.3 is 5.97 Å². The number of hydrogen-bond donors (Lipinski definition) is 1. The van der Waals surface area contributed by atoms with Gasteiger partial charge in [0.05, 0.1) is 0 Å². The molecule has 0 aromatic heterocycles. The molecule has 0 aromatic rings. The molecular weight excluding hydrogens is 152 g/mol. The zero-order valence-corrected chi connectivity index (χ0v) is 7.76. The summed E-state index contributed by atoms with van der Waals surface area (Å²) in [6, 6.07) is 0. The molecule has 0 radical (unpaired) electrons. The summed E-state index contributed by atoms with van der Waals surface area (Å²) in [7, 11) is 0. The molecule has 0 bridgehead atoms. The van der Waals surface area contributed by atoms with Crippen molar-refractivity contribution in [2.45, 2.75) is 39.5 Å². The molecule has 1 fully saturated rings. The van der Waals surface area contributed by atoms with Gasteiger partial charge in [-0.15, -0.1) is 0 Å². The van der Waals surface area contributed by atoms with E-state index in [1.165, 1.54) is 12.8 Å².